The molecule has 1 N–H and O–H groups in total. The van der Waals surface area contributed by atoms with Crippen LogP contribution < -0.4 is 5.32 Å². The molecule has 3 rings (SSSR count). The van der Waals surface area contributed by atoms with Crippen molar-refractivity contribution in [2.45, 2.75) is 50.3 Å². The van der Waals surface area contributed by atoms with Gasteiger partial charge in [-0.3, -0.25) is 0 Å². The molecule has 2 aromatic rings. The average molecular weight is 303 g/mol. The number of hydrogen-bond donors (Lipinski definition) is 1. The predicted molar refractivity (Wildman–Crippen MR) is 92.1 cm³/mol. The first-order chi connectivity index (χ1) is 10.2. The standard InChI is InChI=1S/C18H25NOS/c1-4-14-15-8-5-6-9-16(15)20-17(14)13(2)19-12-18(21-3)10-7-11-18/h5-6,8-9,13,19H,4,7,10-12H2,1-3H3. The molecule has 1 unspecified atom stereocenters. The smallest absolute Gasteiger partial charge is 0.134 e. The van der Waals surface area contributed by atoms with E-state index in [9.17, 15) is 0 Å². The summed E-state index contributed by atoms with van der Waals surface area (Å²) in [6.45, 7) is 5.52. The van der Waals surface area contributed by atoms with Crippen LogP contribution in [-0.2, 0) is 6.42 Å². The van der Waals surface area contributed by atoms with Gasteiger partial charge in [-0.25, -0.2) is 0 Å². The summed E-state index contributed by atoms with van der Waals surface area (Å²) >= 11 is 2.02. The highest BCUT2D eigenvalue weighted by Crippen LogP contribution is 2.42. The summed E-state index contributed by atoms with van der Waals surface area (Å²) in [6, 6.07) is 8.65. The van der Waals surface area contributed by atoms with Gasteiger partial charge in [0.2, 0.25) is 0 Å². The summed E-state index contributed by atoms with van der Waals surface area (Å²) in [5.41, 5.74) is 2.37. The maximum Gasteiger partial charge on any atom is 0.134 e. The normalized spacial score (nSPS) is 18.6. The van der Waals surface area contributed by atoms with E-state index in [4.69, 9.17) is 4.42 Å². The van der Waals surface area contributed by atoms with Gasteiger partial charge in [0.25, 0.3) is 0 Å². The lowest BCUT2D eigenvalue weighted by Gasteiger charge is -2.41. The fraction of sp³-hybridized carbons (Fsp3) is 0.556. The molecule has 114 valence electrons. The van der Waals surface area contributed by atoms with Gasteiger partial charge in [0, 0.05) is 22.2 Å². The molecule has 21 heavy (non-hydrogen) atoms. The van der Waals surface area contributed by atoms with Crippen molar-refractivity contribution in [3.63, 3.8) is 0 Å². The Kier molecular flexibility index (Phi) is 4.32. The predicted octanol–water partition coefficient (Wildman–Crippen LogP) is 4.93. The topological polar surface area (TPSA) is 25.2 Å². The molecule has 2 nitrogen and oxygen atoms in total. The van der Waals surface area contributed by atoms with Gasteiger partial charge in [-0.15, -0.1) is 0 Å². The number of aryl methyl sites for hydroxylation is 1. The zero-order valence-electron chi connectivity index (χ0n) is 13.2. The molecule has 1 atom stereocenters. The molecular formula is C18H25NOS. The second-order valence-electron chi connectivity index (χ2n) is 6.14. The van der Waals surface area contributed by atoms with Gasteiger partial charge in [0.1, 0.15) is 11.3 Å². The van der Waals surface area contributed by atoms with Gasteiger partial charge in [-0.05, 0) is 38.5 Å². The molecule has 0 radical (unpaired) electrons. The molecule has 1 heterocycles. The molecule has 0 aliphatic heterocycles. The summed E-state index contributed by atoms with van der Waals surface area (Å²) in [6.07, 6.45) is 7.32. The Balaban J connectivity index is 1.79. The van der Waals surface area contributed by atoms with Crippen molar-refractivity contribution in [3.8, 4) is 0 Å². The van der Waals surface area contributed by atoms with E-state index in [0.29, 0.717) is 4.75 Å². The lowest BCUT2D eigenvalue weighted by atomic mass is 9.84. The van der Waals surface area contributed by atoms with Crippen LogP contribution in [-0.4, -0.2) is 17.5 Å². The third-order valence-corrected chi connectivity index (χ3v) is 6.32. The van der Waals surface area contributed by atoms with Crippen LogP contribution in [0.1, 0.15) is 50.5 Å². The van der Waals surface area contributed by atoms with E-state index in [-0.39, 0.29) is 6.04 Å². The molecule has 3 heteroatoms. The van der Waals surface area contributed by atoms with E-state index in [1.807, 2.05) is 17.8 Å². The van der Waals surface area contributed by atoms with Crippen LogP contribution in [0.5, 0.6) is 0 Å². The fourth-order valence-electron chi connectivity index (χ4n) is 3.29. The van der Waals surface area contributed by atoms with Gasteiger partial charge < -0.3 is 9.73 Å². The largest absolute Gasteiger partial charge is 0.459 e. The zero-order valence-corrected chi connectivity index (χ0v) is 14.1. The summed E-state index contributed by atoms with van der Waals surface area (Å²) in [5.74, 6) is 1.12. The van der Waals surface area contributed by atoms with Crippen LogP contribution in [0.15, 0.2) is 28.7 Å². The maximum atomic E-state index is 6.13. The maximum absolute atomic E-state index is 6.13. The van der Waals surface area contributed by atoms with Crippen LogP contribution in [0, 0.1) is 0 Å². The van der Waals surface area contributed by atoms with E-state index in [1.165, 1.54) is 30.2 Å². The highest BCUT2D eigenvalue weighted by Gasteiger charge is 2.36. The number of nitrogens with one attached hydrogen (secondary N) is 1. The Morgan fingerprint density at radius 1 is 1.33 bits per heavy atom. The van der Waals surface area contributed by atoms with E-state index in [2.05, 4.69) is 43.6 Å². The van der Waals surface area contributed by atoms with Gasteiger partial charge >= 0.3 is 0 Å². The number of thioether (sulfide) groups is 1. The SMILES string of the molecule is CCc1c(C(C)NCC2(SC)CCC2)oc2ccccc12. The third kappa shape index (κ3) is 2.74. The van der Waals surface area contributed by atoms with Crippen molar-refractivity contribution >= 4 is 22.7 Å². The van der Waals surface area contributed by atoms with Gasteiger partial charge in [-0.2, -0.15) is 11.8 Å². The number of hydrogen-bond acceptors (Lipinski definition) is 3. The van der Waals surface area contributed by atoms with E-state index < -0.39 is 0 Å². The highest BCUT2D eigenvalue weighted by molar-refractivity contribution is 8.00. The molecule has 0 bridgehead atoms. The van der Waals surface area contributed by atoms with Crippen LogP contribution in [0.4, 0.5) is 0 Å². The first kappa shape index (κ1) is 15.0. The second kappa shape index (κ2) is 6.05. The van der Waals surface area contributed by atoms with E-state index >= 15 is 0 Å². The lowest BCUT2D eigenvalue weighted by Crippen LogP contribution is -2.44. The van der Waals surface area contributed by atoms with E-state index in [1.54, 1.807) is 0 Å². The minimum absolute atomic E-state index is 0.275. The summed E-state index contributed by atoms with van der Waals surface area (Å²) in [7, 11) is 0. The van der Waals surface area contributed by atoms with Crippen LogP contribution in [0.25, 0.3) is 11.0 Å². The Hall–Kier alpha value is -0.930. The van der Waals surface area contributed by atoms with Crippen LogP contribution in [0.2, 0.25) is 0 Å². The number of fused-ring (bicyclic) bond motifs is 1. The van der Waals surface area contributed by atoms with E-state index in [0.717, 1.165) is 24.3 Å². The average Bonchev–Trinajstić information content (AvgIpc) is 2.85. The van der Waals surface area contributed by atoms with Crippen molar-refractivity contribution in [1.29, 1.82) is 0 Å². The van der Waals surface area contributed by atoms with Crippen molar-refractivity contribution < 1.29 is 4.42 Å². The summed E-state index contributed by atoms with van der Waals surface area (Å²) in [4.78, 5) is 0. The molecular weight excluding hydrogens is 278 g/mol. The number of para-hydroxylation sites is 1. The molecule has 0 saturated heterocycles. The van der Waals surface area contributed by atoms with Crippen molar-refractivity contribution in [2.75, 3.05) is 12.8 Å². The van der Waals surface area contributed by atoms with Gasteiger partial charge in [0.05, 0.1) is 6.04 Å². The zero-order chi connectivity index (χ0) is 14.9. The minimum Gasteiger partial charge on any atom is -0.459 e. The Morgan fingerprint density at radius 2 is 2.10 bits per heavy atom. The quantitative estimate of drug-likeness (QED) is 0.819. The monoisotopic (exact) mass is 303 g/mol. The minimum atomic E-state index is 0.275. The molecule has 1 aromatic carbocycles. The molecule has 0 amide bonds. The molecule has 1 aliphatic rings. The highest BCUT2D eigenvalue weighted by atomic mass is 32.2. The van der Waals surface area contributed by atoms with Crippen LogP contribution >= 0.6 is 11.8 Å². The summed E-state index contributed by atoms with van der Waals surface area (Å²) in [5, 5.41) is 4.98. The molecule has 1 fully saturated rings. The first-order valence-corrected chi connectivity index (χ1v) is 9.20. The Labute approximate surface area is 131 Å². The van der Waals surface area contributed by atoms with Gasteiger partial charge in [0.15, 0.2) is 0 Å². The van der Waals surface area contributed by atoms with Crippen molar-refractivity contribution in [2.24, 2.45) is 0 Å². The molecule has 1 saturated carbocycles. The molecule has 0 spiro atoms. The second-order valence-corrected chi connectivity index (χ2v) is 7.41. The Morgan fingerprint density at radius 3 is 2.71 bits per heavy atom. The molecule has 1 aliphatic carbocycles. The van der Waals surface area contributed by atoms with Crippen molar-refractivity contribution in [1.82, 2.24) is 5.32 Å². The Bertz CT molecular complexity index is 609. The molecule has 1 aromatic heterocycles. The first-order valence-electron chi connectivity index (χ1n) is 7.98. The van der Waals surface area contributed by atoms with Crippen molar-refractivity contribution in [3.05, 3.63) is 35.6 Å². The lowest BCUT2D eigenvalue weighted by molar-refractivity contribution is 0.324. The van der Waals surface area contributed by atoms with Gasteiger partial charge in [-0.1, -0.05) is 31.5 Å². The number of furan rings is 1. The number of benzene rings is 1. The third-order valence-electron chi connectivity index (χ3n) is 4.90. The summed E-state index contributed by atoms with van der Waals surface area (Å²) < 4.78 is 6.60. The number of rotatable bonds is 6. The fourth-order valence-corrected chi connectivity index (χ4v) is 4.21. The van der Waals surface area contributed by atoms with Crippen LogP contribution in [0.3, 0.4) is 0 Å².